The molecular formula is C12H18N2O6S. The monoisotopic (exact) mass is 318 g/mol. The van der Waals surface area contributed by atoms with Gasteiger partial charge in [-0.05, 0) is 31.0 Å². The highest BCUT2D eigenvalue weighted by molar-refractivity contribution is 7.89. The Labute approximate surface area is 122 Å². The minimum atomic E-state index is -4.14. The fourth-order valence-corrected chi connectivity index (χ4v) is 3.19. The van der Waals surface area contributed by atoms with Gasteiger partial charge in [-0.15, -0.1) is 0 Å². The average Bonchev–Trinajstić information content (AvgIpc) is 2.40. The number of nitro groups is 1. The number of hydrogen-bond donors (Lipinski definition) is 2. The number of rotatable bonds is 7. The molecule has 0 heterocycles. The first-order valence-electron chi connectivity index (χ1n) is 6.10. The lowest BCUT2D eigenvalue weighted by molar-refractivity contribution is -0.387. The number of sulfonamides is 1. The van der Waals surface area contributed by atoms with Crippen LogP contribution in [0.4, 0.5) is 5.69 Å². The third kappa shape index (κ3) is 4.21. The molecule has 0 saturated carbocycles. The third-order valence-electron chi connectivity index (χ3n) is 2.97. The van der Waals surface area contributed by atoms with Gasteiger partial charge in [0.05, 0.1) is 24.2 Å². The number of nitro benzene ring substituents is 1. The molecule has 1 atom stereocenters. The molecule has 0 saturated heterocycles. The van der Waals surface area contributed by atoms with E-state index in [0.29, 0.717) is 11.1 Å². The summed E-state index contributed by atoms with van der Waals surface area (Å²) in [4.78, 5) is 9.88. The second-order valence-corrected chi connectivity index (χ2v) is 6.30. The maximum Gasteiger partial charge on any atom is 0.289 e. The summed E-state index contributed by atoms with van der Waals surface area (Å²) in [5.74, 6) is 0. The Morgan fingerprint density at radius 2 is 1.95 bits per heavy atom. The summed E-state index contributed by atoms with van der Waals surface area (Å²) < 4.78 is 31.5. The van der Waals surface area contributed by atoms with E-state index in [1.165, 1.54) is 19.2 Å². The van der Waals surface area contributed by atoms with Crippen LogP contribution in [0.3, 0.4) is 0 Å². The largest absolute Gasteiger partial charge is 0.395 e. The first-order valence-corrected chi connectivity index (χ1v) is 7.59. The fraction of sp³-hybridized carbons (Fsp3) is 0.500. The molecule has 0 aliphatic heterocycles. The van der Waals surface area contributed by atoms with Crippen LogP contribution in [0.15, 0.2) is 17.0 Å². The van der Waals surface area contributed by atoms with Gasteiger partial charge in [-0.1, -0.05) is 0 Å². The van der Waals surface area contributed by atoms with Gasteiger partial charge >= 0.3 is 0 Å². The van der Waals surface area contributed by atoms with Crippen LogP contribution in [0.25, 0.3) is 0 Å². The van der Waals surface area contributed by atoms with Gasteiger partial charge < -0.3 is 9.84 Å². The highest BCUT2D eigenvalue weighted by Gasteiger charge is 2.28. The quantitative estimate of drug-likeness (QED) is 0.558. The van der Waals surface area contributed by atoms with Gasteiger partial charge in [-0.3, -0.25) is 10.1 Å². The number of methoxy groups -OCH3 is 1. The molecule has 0 bridgehead atoms. The van der Waals surface area contributed by atoms with E-state index in [1.807, 2.05) is 0 Å². The summed E-state index contributed by atoms with van der Waals surface area (Å²) in [6.45, 7) is 2.80. The van der Waals surface area contributed by atoms with E-state index < -0.39 is 38.2 Å². The number of aryl methyl sites for hydroxylation is 2. The van der Waals surface area contributed by atoms with Crippen LogP contribution in [0.1, 0.15) is 11.1 Å². The lowest BCUT2D eigenvalue weighted by Gasteiger charge is -2.16. The summed E-state index contributed by atoms with van der Waals surface area (Å²) in [5, 5.41) is 20.2. The van der Waals surface area contributed by atoms with Crippen molar-refractivity contribution in [3.05, 3.63) is 33.4 Å². The molecule has 0 radical (unpaired) electrons. The van der Waals surface area contributed by atoms with Crippen LogP contribution in [-0.4, -0.2) is 44.8 Å². The van der Waals surface area contributed by atoms with Crippen molar-refractivity contribution in [2.45, 2.75) is 24.8 Å². The van der Waals surface area contributed by atoms with Gasteiger partial charge in [0.2, 0.25) is 10.0 Å². The maximum atomic E-state index is 12.3. The molecule has 1 rings (SSSR count). The first kappa shape index (κ1) is 17.5. The van der Waals surface area contributed by atoms with Gasteiger partial charge in [0.1, 0.15) is 0 Å². The molecule has 1 unspecified atom stereocenters. The lowest BCUT2D eigenvalue weighted by atomic mass is 10.1. The number of nitrogens with one attached hydrogen (secondary N) is 1. The lowest BCUT2D eigenvalue weighted by Crippen LogP contribution is -2.40. The zero-order chi connectivity index (χ0) is 16.2. The van der Waals surface area contributed by atoms with Crippen molar-refractivity contribution in [3.8, 4) is 0 Å². The highest BCUT2D eigenvalue weighted by Crippen LogP contribution is 2.27. The second-order valence-electron chi connectivity index (χ2n) is 4.62. The fourth-order valence-electron chi connectivity index (χ4n) is 1.74. The molecule has 118 valence electrons. The summed E-state index contributed by atoms with van der Waals surface area (Å²) in [5.41, 5.74) is 0.740. The Hall–Kier alpha value is -1.55. The highest BCUT2D eigenvalue weighted by atomic mass is 32.2. The maximum absolute atomic E-state index is 12.3. The molecule has 2 N–H and O–H groups in total. The van der Waals surface area contributed by atoms with Gasteiger partial charge in [0.25, 0.3) is 5.69 Å². The molecule has 0 spiro atoms. The summed E-state index contributed by atoms with van der Waals surface area (Å²) in [7, 11) is -2.78. The number of ether oxygens (including phenoxy) is 1. The second kappa shape index (κ2) is 6.94. The molecule has 21 heavy (non-hydrogen) atoms. The van der Waals surface area contributed by atoms with Crippen LogP contribution in [0.2, 0.25) is 0 Å². The minimum Gasteiger partial charge on any atom is -0.395 e. The van der Waals surface area contributed by atoms with Gasteiger partial charge in [-0.25, -0.2) is 13.1 Å². The number of benzene rings is 1. The van der Waals surface area contributed by atoms with Crippen molar-refractivity contribution in [1.29, 1.82) is 0 Å². The van der Waals surface area contributed by atoms with E-state index in [0.717, 1.165) is 0 Å². The molecule has 9 heteroatoms. The normalized spacial score (nSPS) is 13.1. The zero-order valence-electron chi connectivity index (χ0n) is 12.0. The van der Waals surface area contributed by atoms with Crippen molar-refractivity contribution >= 4 is 15.7 Å². The molecule has 0 aromatic heterocycles. The Bertz CT molecular complexity index is 629. The summed E-state index contributed by atoms with van der Waals surface area (Å²) in [6.07, 6.45) is 0. The van der Waals surface area contributed by atoms with Crippen molar-refractivity contribution in [1.82, 2.24) is 4.72 Å². The average molecular weight is 318 g/mol. The Kier molecular flexibility index (Phi) is 5.78. The van der Waals surface area contributed by atoms with E-state index in [1.54, 1.807) is 13.8 Å². The van der Waals surface area contributed by atoms with E-state index >= 15 is 0 Å². The number of aliphatic hydroxyl groups excluding tert-OH is 1. The summed E-state index contributed by atoms with van der Waals surface area (Å²) >= 11 is 0. The van der Waals surface area contributed by atoms with Crippen molar-refractivity contribution in [2.24, 2.45) is 0 Å². The molecule has 0 aliphatic carbocycles. The Morgan fingerprint density at radius 1 is 1.38 bits per heavy atom. The third-order valence-corrected chi connectivity index (χ3v) is 4.52. The predicted molar refractivity (Wildman–Crippen MR) is 75.6 cm³/mol. The van der Waals surface area contributed by atoms with E-state index in [2.05, 4.69) is 4.72 Å². The van der Waals surface area contributed by atoms with Crippen LogP contribution < -0.4 is 4.72 Å². The smallest absolute Gasteiger partial charge is 0.289 e. The van der Waals surface area contributed by atoms with Crippen LogP contribution in [0.5, 0.6) is 0 Å². The van der Waals surface area contributed by atoms with Crippen molar-refractivity contribution in [3.63, 3.8) is 0 Å². The Morgan fingerprint density at radius 3 is 2.43 bits per heavy atom. The topological polar surface area (TPSA) is 119 Å². The molecule has 0 fully saturated rings. The van der Waals surface area contributed by atoms with Crippen LogP contribution in [0, 0.1) is 24.0 Å². The predicted octanol–water partition coefficient (Wildman–Crippen LogP) is 0.497. The Balaban J connectivity index is 3.30. The van der Waals surface area contributed by atoms with Gasteiger partial charge in [0.15, 0.2) is 4.90 Å². The van der Waals surface area contributed by atoms with Gasteiger partial charge in [0, 0.05) is 13.2 Å². The van der Waals surface area contributed by atoms with Crippen LogP contribution >= 0.6 is 0 Å². The van der Waals surface area contributed by atoms with E-state index in [9.17, 15) is 18.5 Å². The number of hydrogen-bond acceptors (Lipinski definition) is 6. The van der Waals surface area contributed by atoms with E-state index in [-0.39, 0.29) is 6.61 Å². The summed E-state index contributed by atoms with van der Waals surface area (Å²) in [6, 6.07) is 1.59. The van der Waals surface area contributed by atoms with E-state index in [4.69, 9.17) is 9.84 Å². The van der Waals surface area contributed by atoms with Gasteiger partial charge in [-0.2, -0.15) is 0 Å². The molecular weight excluding hydrogens is 300 g/mol. The minimum absolute atomic E-state index is 0.0473. The SMILES string of the molecule is COCC(CO)NS(=O)(=O)c1cc(C)c(C)cc1[N+](=O)[O-]. The van der Waals surface area contributed by atoms with Crippen molar-refractivity contribution in [2.75, 3.05) is 20.3 Å². The standard InChI is InChI=1S/C12H18N2O6S/c1-8-4-11(14(16)17)12(5-9(8)2)21(18,19)13-10(6-15)7-20-3/h4-5,10,13,15H,6-7H2,1-3H3. The number of aliphatic hydroxyl groups is 1. The first-order chi connectivity index (χ1) is 9.72. The molecule has 0 aliphatic rings. The molecule has 1 aromatic rings. The molecule has 8 nitrogen and oxygen atoms in total. The zero-order valence-corrected chi connectivity index (χ0v) is 12.8. The number of nitrogens with zero attached hydrogens (tertiary/aromatic N) is 1. The molecule has 1 aromatic carbocycles. The van der Waals surface area contributed by atoms with Crippen LogP contribution in [-0.2, 0) is 14.8 Å². The molecule has 0 amide bonds. The van der Waals surface area contributed by atoms with Crippen molar-refractivity contribution < 1.29 is 23.2 Å².